The summed E-state index contributed by atoms with van der Waals surface area (Å²) in [5.74, 6) is -0.126. The van der Waals surface area contributed by atoms with E-state index in [9.17, 15) is 18.0 Å². The molecule has 2 aromatic rings. The molecule has 2 aromatic carbocycles. The highest BCUT2D eigenvalue weighted by atomic mass is 35.5. The molecule has 0 heterocycles. The van der Waals surface area contributed by atoms with Crippen molar-refractivity contribution in [2.75, 3.05) is 37.9 Å². The molecule has 0 unspecified atom stereocenters. The molecule has 2 rings (SSSR count). The average molecular weight is 589 g/mol. The van der Waals surface area contributed by atoms with Crippen molar-refractivity contribution in [3.8, 4) is 11.5 Å². The van der Waals surface area contributed by atoms with Gasteiger partial charge in [-0.15, -0.1) is 0 Å². The van der Waals surface area contributed by atoms with Gasteiger partial charge in [-0.25, -0.2) is 8.42 Å². The first kappa shape index (κ1) is 31.5. The highest BCUT2D eigenvalue weighted by Gasteiger charge is 2.33. The Labute approximate surface area is 235 Å². The van der Waals surface area contributed by atoms with Gasteiger partial charge in [-0.3, -0.25) is 13.9 Å². The van der Waals surface area contributed by atoms with E-state index >= 15 is 0 Å². The van der Waals surface area contributed by atoms with Crippen molar-refractivity contribution in [1.82, 2.24) is 10.2 Å². The molecule has 0 saturated carbocycles. The molecule has 0 spiro atoms. The Hall–Kier alpha value is -2.69. The van der Waals surface area contributed by atoms with Crippen molar-refractivity contribution in [1.29, 1.82) is 0 Å². The number of nitrogens with one attached hydrogen (secondary N) is 1. The molecule has 12 heteroatoms. The third kappa shape index (κ3) is 8.41. The molecular weight excluding hydrogens is 553 g/mol. The van der Waals surface area contributed by atoms with Gasteiger partial charge in [0.2, 0.25) is 21.8 Å². The van der Waals surface area contributed by atoms with E-state index < -0.39 is 28.5 Å². The van der Waals surface area contributed by atoms with E-state index in [1.807, 2.05) is 13.8 Å². The van der Waals surface area contributed by atoms with E-state index in [0.717, 1.165) is 10.6 Å². The van der Waals surface area contributed by atoms with Crippen LogP contribution in [0.2, 0.25) is 10.0 Å². The van der Waals surface area contributed by atoms with E-state index in [1.165, 1.54) is 25.2 Å². The molecule has 0 aliphatic heterocycles. The second kappa shape index (κ2) is 13.9. The van der Waals surface area contributed by atoms with Crippen molar-refractivity contribution in [2.45, 2.75) is 39.8 Å². The Balaban J connectivity index is 2.55. The number of nitrogens with zero attached hydrogens (tertiary/aromatic N) is 2. The lowest BCUT2D eigenvalue weighted by atomic mass is 10.1. The van der Waals surface area contributed by atoms with Crippen LogP contribution in [0.25, 0.3) is 0 Å². The Kier molecular flexibility index (Phi) is 11.5. The summed E-state index contributed by atoms with van der Waals surface area (Å²) in [4.78, 5) is 28.4. The van der Waals surface area contributed by atoms with Crippen molar-refractivity contribution >= 4 is 50.7 Å². The van der Waals surface area contributed by atoms with Crippen LogP contribution in [0.4, 0.5) is 5.69 Å². The first-order valence-corrected chi connectivity index (χ1v) is 14.6. The normalized spacial score (nSPS) is 12.1. The zero-order chi connectivity index (χ0) is 28.6. The number of amides is 2. The smallest absolute Gasteiger partial charge is 0.244 e. The summed E-state index contributed by atoms with van der Waals surface area (Å²) in [5.41, 5.74) is 0.689. The molecule has 2 amide bonds. The van der Waals surface area contributed by atoms with Gasteiger partial charge in [0, 0.05) is 29.2 Å². The number of benzene rings is 2. The van der Waals surface area contributed by atoms with Gasteiger partial charge in [0.25, 0.3) is 0 Å². The summed E-state index contributed by atoms with van der Waals surface area (Å²) in [6.45, 7) is 5.52. The first-order valence-electron chi connectivity index (χ1n) is 12.0. The molecule has 0 aliphatic rings. The van der Waals surface area contributed by atoms with E-state index in [0.29, 0.717) is 34.3 Å². The van der Waals surface area contributed by atoms with Crippen molar-refractivity contribution in [3.63, 3.8) is 0 Å². The maximum absolute atomic E-state index is 13.9. The molecule has 9 nitrogen and oxygen atoms in total. The van der Waals surface area contributed by atoms with Gasteiger partial charge in [0.05, 0.1) is 26.2 Å². The maximum atomic E-state index is 13.9. The standard InChI is InChI=1S/C26H35Cl2N3O6S/c1-7-22(26(33)29-14-17(2)3)30(15-18-8-9-19(27)12-21(18)28)25(32)16-31(38(6,34)35)23-13-20(36-4)10-11-24(23)37-5/h8-13,17,22H,7,14-16H2,1-6H3,(H,29,33)/t22-/m0/s1. The zero-order valence-electron chi connectivity index (χ0n) is 22.5. The molecule has 210 valence electrons. The van der Waals surface area contributed by atoms with E-state index in [-0.39, 0.29) is 29.8 Å². The van der Waals surface area contributed by atoms with Gasteiger partial charge in [-0.1, -0.05) is 50.0 Å². The fourth-order valence-corrected chi connectivity index (χ4v) is 5.08. The van der Waals surface area contributed by atoms with Crippen LogP contribution in [0.1, 0.15) is 32.8 Å². The number of ether oxygens (including phenoxy) is 2. The number of carbonyl (C=O) groups excluding carboxylic acids is 2. The van der Waals surface area contributed by atoms with Gasteiger partial charge in [0.1, 0.15) is 24.1 Å². The number of hydrogen-bond acceptors (Lipinski definition) is 6. The van der Waals surface area contributed by atoms with Gasteiger partial charge >= 0.3 is 0 Å². The summed E-state index contributed by atoms with van der Waals surface area (Å²) in [6.07, 6.45) is 1.29. The summed E-state index contributed by atoms with van der Waals surface area (Å²) < 4.78 is 37.4. The minimum Gasteiger partial charge on any atom is -0.497 e. The highest BCUT2D eigenvalue weighted by molar-refractivity contribution is 7.92. The lowest BCUT2D eigenvalue weighted by molar-refractivity contribution is -0.140. The van der Waals surface area contributed by atoms with Gasteiger partial charge < -0.3 is 19.7 Å². The minimum absolute atomic E-state index is 0.0325. The second-order valence-corrected chi connectivity index (χ2v) is 11.9. The summed E-state index contributed by atoms with van der Waals surface area (Å²) in [7, 11) is -1.12. The SMILES string of the molecule is CC[C@@H](C(=O)NCC(C)C)N(Cc1ccc(Cl)cc1Cl)C(=O)CN(c1cc(OC)ccc1OC)S(C)(=O)=O. The van der Waals surface area contributed by atoms with Crippen LogP contribution in [0.5, 0.6) is 11.5 Å². The largest absolute Gasteiger partial charge is 0.497 e. The second-order valence-electron chi connectivity index (χ2n) is 9.13. The summed E-state index contributed by atoms with van der Waals surface area (Å²) in [5, 5.41) is 3.62. The number of hydrogen-bond donors (Lipinski definition) is 1. The fraction of sp³-hybridized carbons (Fsp3) is 0.462. The van der Waals surface area contributed by atoms with Crippen molar-refractivity contribution in [2.24, 2.45) is 5.92 Å². The van der Waals surface area contributed by atoms with Gasteiger partial charge in [-0.05, 0) is 42.2 Å². The van der Waals surface area contributed by atoms with Crippen LogP contribution in [-0.2, 0) is 26.2 Å². The third-order valence-corrected chi connectivity index (χ3v) is 7.47. The molecule has 1 atom stereocenters. The summed E-state index contributed by atoms with van der Waals surface area (Å²) >= 11 is 12.4. The Morgan fingerprint density at radius 2 is 1.74 bits per heavy atom. The lowest BCUT2D eigenvalue weighted by Gasteiger charge is -2.33. The number of halogens is 2. The highest BCUT2D eigenvalue weighted by Crippen LogP contribution is 2.34. The number of methoxy groups -OCH3 is 2. The Morgan fingerprint density at radius 1 is 1.05 bits per heavy atom. The average Bonchev–Trinajstić information content (AvgIpc) is 2.85. The summed E-state index contributed by atoms with van der Waals surface area (Å²) in [6, 6.07) is 8.62. The van der Waals surface area contributed by atoms with Gasteiger partial charge in [-0.2, -0.15) is 0 Å². The molecule has 0 aromatic heterocycles. The molecule has 0 bridgehead atoms. The molecular formula is C26H35Cl2N3O6S. The number of rotatable bonds is 13. The Bertz CT molecular complexity index is 1240. The number of carbonyl (C=O) groups is 2. The zero-order valence-corrected chi connectivity index (χ0v) is 24.8. The van der Waals surface area contributed by atoms with E-state index in [1.54, 1.807) is 37.3 Å². The number of anilines is 1. The minimum atomic E-state index is -3.96. The topological polar surface area (TPSA) is 105 Å². The monoisotopic (exact) mass is 587 g/mol. The Morgan fingerprint density at radius 3 is 2.26 bits per heavy atom. The molecule has 0 saturated heterocycles. The van der Waals surface area contributed by atoms with Crippen molar-refractivity contribution < 1.29 is 27.5 Å². The molecule has 38 heavy (non-hydrogen) atoms. The van der Waals surface area contributed by atoms with E-state index in [4.69, 9.17) is 32.7 Å². The molecule has 0 aliphatic carbocycles. The van der Waals surface area contributed by atoms with E-state index in [2.05, 4.69) is 5.32 Å². The fourth-order valence-electron chi connectivity index (χ4n) is 3.76. The van der Waals surface area contributed by atoms with Crippen LogP contribution in [-0.4, -0.2) is 64.7 Å². The van der Waals surface area contributed by atoms with Crippen LogP contribution >= 0.6 is 23.2 Å². The number of sulfonamides is 1. The van der Waals surface area contributed by atoms with Crippen LogP contribution in [0, 0.1) is 5.92 Å². The van der Waals surface area contributed by atoms with Gasteiger partial charge in [0.15, 0.2) is 0 Å². The first-order chi connectivity index (χ1) is 17.8. The quantitative estimate of drug-likeness (QED) is 0.373. The molecule has 0 fully saturated rings. The molecule has 1 N–H and O–H groups in total. The van der Waals surface area contributed by atoms with Crippen LogP contribution in [0.3, 0.4) is 0 Å². The lowest BCUT2D eigenvalue weighted by Crippen LogP contribution is -2.52. The van der Waals surface area contributed by atoms with Crippen molar-refractivity contribution in [3.05, 3.63) is 52.0 Å². The van der Waals surface area contributed by atoms with Crippen LogP contribution < -0.4 is 19.1 Å². The predicted molar refractivity (Wildman–Crippen MR) is 151 cm³/mol. The third-order valence-electron chi connectivity index (χ3n) is 5.76. The predicted octanol–water partition coefficient (Wildman–Crippen LogP) is 4.36. The molecule has 0 radical (unpaired) electrons. The van der Waals surface area contributed by atoms with Crippen LogP contribution in [0.15, 0.2) is 36.4 Å². The maximum Gasteiger partial charge on any atom is 0.244 e.